The number of aryl methyl sites for hydroxylation is 1. The lowest BCUT2D eigenvalue weighted by molar-refractivity contribution is -0.140. The molecule has 1 atom stereocenters. The highest BCUT2D eigenvalue weighted by molar-refractivity contribution is 5.92. The minimum atomic E-state index is -0.352. The number of nitrogens with zero attached hydrogens (tertiary/aromatic N) is 2. The van der Waals surface area contributed by atoms with Gasteiger partial charge in [0, 0.05) is 19.7 Å². The van der Waals surface area contributed by atoms with Crippen LogP contribution in [0.4, 0.5) is 0 Å². The first-order chi connectivity index (χ1) is 10.1. The molecular formula is C14H20N2O5. The minimum absolute atomic E-state index is 0.00910. The SMILES string of the molecule is COC(=O)CCN(CC1CCCO1)C(=O)c1ocnc1C. The molecule has 1 aliphatic heterocycles. The Bertz CT molecular complexity index is 493. The number of ether oxygens (including phenoxy) is 2. The Morgan fingerprint density at radius 1 is 1.52 bits per heavy atom. The first kappa shape index (κ1) is 15.5. The van der Waals surface area contributed by atoms with Gasteiger partial charge in [-0.05, 0) is 19.8 Å². The number of esters is 1. The monoisotopic (exact) mass is 296 g/mol. The van der Waals surface area contributed by atoms with E-state index in [2.05, 4.69) is 9.72 Å². The lowest BCUT2D eigenvalue weighted by Crippen LogP contribution is -2.39. The van der Waals surface area contributed by atoms with E-state index in [0.29, 0.717) is 18.8 Å². The van der Waals surface area contributed by atoms with Crippen LogP contribution >= 0.6 is 0 Å². The largest absolute Gasteiger partial charge is 0.469 e. The fourth-order valence-electron chi connectivity index (χ4n) is 2.29. The average Bonchev–Trinajstić information content (AvgIpc) is 3.13. The summed E-state index contributed by atoms with van der Waals surface area (Å²) in [5.41, 5.74) is 0.537. The molecule has 0 N–H and O–H groups in total. The van der Waals surface area contributed by atoms with Crippen LogP contribution in [0.5, 0.6) is 0 Å². The van der Waals surface area contributed by atoms with Crippen molar-refractivity contribution in [3.63, 3.8) is 0 Å². The van der Waals surface area contributed by atoms with Gasteiger partial charge >= 0.3 is 5.97 Å². The number of hydrogen-bond donors (Lipinski definition) is 0. The van der Waals surface area contributed by atoms with Gasteiger partial charge in [0.1, 0.15) is 0 Å². The van der Waals surface area contributed by atoms with E-state index in [1.165, 1.54) is 13.5 Å². The van der Waals surface area contributed by atoms with Crippen LogP contribution in [0, 0.1) is 6.92 Å². The van der Waals surface area contributed by atoms with Crippen LogP contribution in [-0.2, 0) is 14.3 Å². The molecule has 116 valence electrons. The maximum absolute atomic E-state index is 12.5. The molecule has 21 heavy (non-hydrogen) atoms. The molecule has 1 amide bonds. The number of amides is 1. The standard InChI is InChI=1S/C14H20N2O5/c1-10-13(21-9-15-10)14(18)16(6-5-12(17)19-2)8-11-4-3-7-20-11/h9,11H,3-8H2,1-2H3. The van der Waals surface area contributed by atoms with E-state index >= 15 is 0 Å². The van der Waals surface area contributed by atoms with E-state index in [4.69, 9.17) is 9.15 Å². The maximum Gasteiger partial charge on any atom is 0.307 e. The number of hydrogen-bond acceptors (Lipinski definition) is 6. The molecule has 0 radical (unpaired) electrons. The summed E-state index contributed by atoms with van der Waals surface area (Å²) in [5.74, 6) is -0.420. The molecule has 2 heterocycles. The number of methoxy groups -OCH3 is 1. The summed E-state index contributed by atoms with van der Waals surface area (Å²) in [7, 11) is 1.33. The lowest BCUT2D eigenvalue weighted by atomic mass is 10.2. The van der Waals surface area contributed by atoms with Crippen LogP contribution in [0.3, 0.4) is 0 Å². The van der Waals surface area contributed by atoms with Crippen molar-refractivity contribution in [3.8, 4) is 0 Å². The molecule has 0 aromatic carbocycles. The van der Waals surface area contributed by atoms with Crippen molar-refractivity contribution < 1.29 is 23.5 Å². The molecule has 1 aromatic rings. The number of carbonyl (C=O) groups excluding carboxylic acids is 2. The number of carbonyl (C=O) groups is 2. The third-order valence-electron chi connectivity index (χ3n) is 3.49. The second kappa shape index (κ2) is 7.21. The van der Waals surface area contributed by atoms with Crippen LogP contribution in [0.2, 0.25) is 0 Å². The number of rotatable bonds is 6. The van der Waals surface area contributed by atoms with Crippen molar-refractivity contribution in [1.29, 1.82) is 0 Å². The highest BCUT2D eigenvalue weighted by Gasteiger charge is 2.26. The van der Waals surface area contributed by atoms with Crippen LogP contribution in [0.25, 0.3) is 0 Å². The minimum Gasteiger partial charge on any atom is -0.469 e. The van der Waals surface area contributed by atoms with E-state index in [9.17, 15) is 9.59 Å². The van der Waals surface area contributed by atoms with Gasteiger partial charge < -0.3 is 18.8 Å². The van der Waals surface area contributed by atoms with Crippen molar-refractivity contribution in [2.45, 2.75) is 32.3 Å². The molecular weight excluding hydrogens is 276 g/mol. The topological polar surface area (TPSA) is 81.9 Å². The van der Waals surface area contributed by atoms with Crippen molar-refractivity contribution in [3.05, 3.63) is 17.8 Å². The van der Waals surface area contributed by atoms with Crippen molar-refractivity contribution >= 4 is 11.9 Å². The average molecular weight is 296 g/mol. The summed E-state index contributed by atoms with van der Waals surface area (Å²) < 4.78 is 15.3. The predicted octanol–water partition coefficient (Wildman–Crippen LogP) is 1.17. The number of aromatic nitrogens is 1. The first-order valence-electron chi connectivity index (χ1n) is 6.99. The molecule has 1 fully saturated rings. The third-order valence-corrected chi connectivity index (χ3v) is 3.49. The van der Waals surface area contributed by atoms with Crippen LogP contribution in [0.1, 0.15) is 35.5 Å². The van der Waals surface area contributed by atoms with Crippen molar-refractivity contribution in [1.82, 2.24) is 9.88 Å². The quantitative estimate of drug-likeness (QED) is 0.733. The molecule has 7 nitrogen and oxygen atoms in total. The van der Waals surface area contributed by atoms with Gasteiger partial charge in [0.25, 0.3) is 5.91 Å². The van der Waals surface area contributed by atoms with Gasteiger partial charge in [-0.2, -0.15) is 0 Å². The fraction of sp³-hybridized carbons (Fsp3) is 0.643. The summed E-state index contributed by atoms with van der Waals surface area (Å²) in [6, 6.07) is 0. The Labute approximate surface area is 123 Å². The zero-order chi connectivity index (χ0) is 15.2. The molecule has 0 spiro atoms. The first-order valence-corrected chi connectivity index (χ1v) is 6.99. The van der Waals surface area contributed by atoms with E-state index < -0.39 is 0 Å². The molecule has 1 aliphatic rings. The molecule has 0 aliphatic carbocycles. The smallest absolute Gasteiger partial charge is 0.307 e. The molecule has 1 unspecified atom stereocenters. The predicted molar refractivity (Wildman–Crippen MR) is 72.8 cm³/mol. The van der Waals surface area contributed by atoms with E-state index in [1.54, 1.807) is 11.8 Å². The summed E-state index contributed by atoms with van der Waals surface area (Å²) in [6.07, 6.45) is 3.30. The number of oxazole rings is 1. The van der Waals surface area contributed by atoms with Gasteiger partial charge in [0.15, 0.2) is 6.39 Å². The van der Waals surface area contributed by atoms with Gasteiger partial charge in [-0.3, -0.25) is 9.59 Å². The van der Waals surface area contributed by atoms with Gasteiger partial charge in [-0.15, -0.1) is 0 Å². The zero-order valence-electron chi connectivity index (χ0n) is 12.3. The van der Waals surface area contributed by atoms with Gasteiger partial charge in [-0.1, -0.05) is 0 Å². The Morgan fingerprint density at radius 2 is 2.33 bits per heavy atom. The van der Waals surface area contributed by atoms with E-state index in [0.717, 1.165) is 12.8 Å². The van der Waals surface area contributed by atoms with Crippen molar-refractivity contribution in [2.24, 2.45) is 0 Å². The van der Waals surface area contributed by atoms with Crippen molar-refractivity contribution in [2.75, 3.05) is 26.8 Å². The molecule has 7 heteroatoms. The Balaban J connectivity index is 2.04. The summed E-state index contributed by atoms with van der Waals surface area (Å²) in [6.45, 7) is 3.13. The second-order valence-corrected chi connectivity index (χ2v) is 4.98. The molecule has 1 aromatic heterocycles. The fourth-order valence-corrected chi connectivity index (χ4v) is 2.29. The van der Waals surface area contributed by atoms with Crippen LogP contribution in [0.15, 0.2) is 10.8 Å². The van der Waals surface area contributed by atoms with Gasteiger partial charge in [0.05, 0.1) is 25.3 Å². The van der Waals surface area contributed by atoms with Gasteiger partial charge in [0.2, 0.25) is 5.76 Å². The Hall–Kier alpha value is -1.89. The lowest BCUT2D eigenvalue weighted by Gasteiger charge is -2.24. The van der Waals surface area contributed by atoms with Crippen LogP contribution < -0.4 is 0 Å². The molecule has 0 saturated carbocycles. The third kappa shape index (κ3) is 4.04. The summed E-state index contributed by atoms with van der Waals surface area (Å²) in [4.78, 5) is 29.3. The maximum atomic E-state index is 12.5. The normalized spacial score (nSPS) is 17.7. The van der Waals surface area contributed by atoms with E-state index in [1.807, 2.05) is 0 Å². The zero-order valence-corrected chi connectivity index (χ0v) is 12.3. The second-order valence-electron chi connectivity index (χ2n) is 4.98. The highest BCUT2D eigenvalue weighted by Crippen LogP contribution is 2.16. The molecule has 0 bridgehead atoms. The highest BCUT2D eigenvalue weighted by atomic mass is 16.5. The Morgan fingerprint density at radius 3 is 2.90 bits per heavy atom. The summed E-state index contributed by atoms with van der Waals surface area (Å²) in [5, 5.41) is 0. The van der Waals surface area contributed by atoms with E-state index in [-0.39, 0.29) is 36.7 Å². The Kier molecular flexibility index (Phi) is 5.32. The van der Waals surface area contributed by atoms with Crippen LogP contribution in [-0.4, -0.2) is 54.7 Å². The van der Waals surface area contributed by atoms with Gasteiger partial charge in [-0.25, -0.2) is 4.98 Å². The molecule has 1 saturated heterocycles. The summed E-state index contributed by atoms with van der Waals surface area (Å²) >= 11 is 0. The molecule has 2 rings (SSSR count).